The molecule has 0 rings (SSSR count). The summed E-state index contributed by atoms with van der Waals surface area (Å²) >= 11 is 0. The molecule has 0 aromatic rings. The number of Topliss-reactive ketones (excluding diaryl/α,β-unsaturated/α-hetero) is 1. The smallest absolute Gasteiger partial charge is 0.126 e. The van der Waals surface area contributed by atoms with Crippen molar-refractivity contribution in [3.8, 4) is 0 Å². The predicted octanol–water partition coefficient (Wildman–Crippen LogP) is -1.14. The molecule has 0 aromatic heterocycles. The Bertz CT molecular complexity index is 112. The van der Waals surface area contributed by atoms with Crippen LogP contribution in [0.1, 0.15) is 13.8 Å². The third-order valence-corrected chi connectivity index (χ3v) is 1.25. The number of ketones is 1. The number of carbonyl (C=O) groups is 1. The molecule has 0 atom stereocenters. The number of nitrogens with zero attached hydrogens (tertiary/aromatic N) is 1. The van der Waals surface area contributed by atoms with Crippen molar-refractivity contribution in [3.63, 3.8) is 0 Å². The van der Waals surface area contributed by atoms with Crippen molar-refractivity contribution in [3.05, 3.63) is 0 Å². The molecule has 14 heavy (non-hydrogen) atoms. The first kappa shape index (κ1) is 16.0. The van der Waals surface area contributed by atoms with Crippen molar-refractivity contribution in [2.24, 2.45) is 0 Å². The molecule has 5 nitrogen and oxygen atoms in total. The Hall–Kier alpha value is -0.490. The van der Waals surface area contributed by atoms with Gasteiger partial charge in [0.05, 0.1) is 19.8 Å². The molecule has 0 aliphatic rings. The summed E-state index contributed by atoms with van der Waals surface area (Å²) in [7, 11) is 0. The highest BCUT2D eigenvalue weighted by molar-refractivity contribution is 5.72. The maximum atomic E-state index is 9.44. The molecule has 0 amide bonds. The monoisotopic (exact) mass is 207 g/mol. The lowest BCUT2D eigenvalue weighted by Gasteiger charge is -2.17. The summed E-state index contributed by atoms with van der Waals surface area (Å²) in [6.45, 7) is 4.81. The molecule has 0 unspecified atom stereocenters. The average molecular weight is 207 g/mol. The first-order valence-corrected chi connectivity index (χ1v) is 4.60. The van der Waals surface area contributed by atoms with E-state index in [1.54, 1.807) is 4.90 Å². The van der Waals surface area contributed by atoms with E-state index in [0.717, 1.165) is 0 Å². The molecule has 86 valence electrons. The standard InChI is InChI=1S/C6H15NO3.C3H6O/c8-4-1-7(2-5-9)3-6-10;1-3(2)4/h8-10H,1-6H2;1-2H3. The Morgan fingerprint density at radius 1 is 0.929 bits per heavy atom. The summed E-state index contributed by atoms with van der Waals surface area (Å²) in [5.41, 5.74) is 0. The van der Waals surface area contributed by atoms with Crippen LogP contribution in [-0.4, -0.2) is 65.5 Å². The first-order valence-electron chi connectivity index (χ1n) is 4.60. The van der Waals surface area contributed by atoms with Crippen molar-refractivity contribution < 1.29 is 20.1 Å². The normalized spacial score (nSPS) is 9.57. The minimum atomic E-state index is 0.0694. The Morgan fingerprint density at radius 2 is 1.14 bits per heavy atom. The van der Waals surface area contributed by atoms with E-state index in [9.17, 15) is 4.79 Å². The largest absolute Gasteiger partial charge is 0.395 e. The molecule has 0 spiro atoms. The number of hydrogen-bond donors (Lipinski definition) is 3. The predicted molar refractivity (Wildman–Crippen MR) is 54.1 cm³/mol. The molecule has 0 saturated carbocycles. The van der Waals surface area contributed by atoms with Gasteiger partial charge in [-0.25, -0.2) is 0 Å². The second-order valence-electron chi connectivity index (χ2n) is 2.92. The summed E-state index contributed by atoms with van der Waals surface area (Å²) in [5, 5.41) is 25.5. The minimum Gasteiger partial charge on any atom is -0.395 e. The Kier molecular flexibility index (Phi) is 14.3. The lowest BCUT2D eigenvalue weighted by atomic mass is 10.4. The van der Waals surface area contributed by atoms with Crippen molar-refractivity contribution in [1.29, 1.82) is 0 Å². The van der Waals surface area contributed by atoms with Crippen molar-refractivity contribution in [1.82, 2.24) is 4.90 Å². The summed E-state index contributed by atoms with van der Waals surface area (Å²) < 4.78 is 0. The van der Waals surface area contributed by atoms with Crippen LogP contribution in [0, 0.1) is 0 Å². The molecule has 0 radical (unpaired) electrons. The van der Waals surface area contributed by atoms with Gasteiger partial charge in [-0.1, -0.05) is 0 Å². The number of hydrogen-bond acceptors (Lipinski definition) is 5. The van der Waals surface area contributed by atoms with E-state index in [-0.39, 0.29) is 25.6 Å². The van der Waals surface area contributed by atoms with E-state index >= 15 is 0 Å². The molecule has 0 aromatic carbocycles. The topological polar surface area (TPSA) is 81.0 Å². The van der Waals surface area contributed by atoms with E-state index in [4.69, 9.17) is 15.3 Å². The van der Waals surface area contributed by atoms with Crippen molar-refractivity contribution >= 4 is 5.78 Å². The molecule has 0 aliphatic carbocycles. The highest BCUT2D eigenvalue weighted by Gasteiger charge is 2.00. The second kappa shape index (κ2) is 12.5. The van der Waals surface area contributed by atoms with Gasteiger partial charge in [0.25, 0.3) is 0 Å². The zero-order valence-electron chi connectivity index (χ0n) is 8.94. The summed E-state index contributed by atoms with van der Waals surface area (Å²) in [5.74, 6) is 0.167. The zero-order chi connectivity index (χ0) is 11.4. The Labute approximate surface area is 85.0 Å². The fourth-order valence-electron chi connectivity index (χ4n) is 0.760. The lowest BCUT2D eigenvalue weighted by Crippen LogP contribution is -2.32. The third-order valence-electron chi connectivity index (χ3n) is 1.25. The second-order valence-corrected chi connectivity index (χ2v) is 2.92. The van der Waals surface area contributed by atoms with Crippen LogP contribution in [-0.2, 0) is 4.79 Å². The Balaban J connectivity index is 0. The quantitative estimate of drug-likeness (QED) is 0.513. The highest BCUT2D eigenvalue weighted by atomic mass is 16.3. The van der Waals surface area contributed by atoms with Crippen molar-refractivity contribution in [2.75, 3.05) is 39.5 Å². The van der Waals surface area contributed by atoms with Crippen LogP contribution < -0.4 is 0 Å². The number of aliphatic hydroxyl groups excluding tert-OH is 3. The molecule has 0 saturated heterocycles. The molecular formula is C9H21NO4. The maximum absolute atomic E-state index is 9.44. The van der Waals surface area contributed by atoms with E-state index in [1.807, 2.05) is 0 Å². The van der Waals surface area contributed by atoms with Gasteiger partial charge >= 0.3 is 0 Å². The Morgan fingerprint density at radius 3 is 1.29 bits per heavy atom. The zero-order valence-corrected chi connectivity index (χ0v) is 8.94. The minimum absolute atomic E-state index is 0.0694. The van der Waals surface area contributed by atoms with Gasteiger partial charge in [0.15, 0.2) is 0 Å². The third kappa shape index (κ3) is 17.6. The first-order chi connectivity index (χ1) is 6.58. The van der Waals surface area contributed by atoms with E-state index in [2.05, 4.69) is 0 Å². The van der Waals surface area contributed by atoms with Gasteiger partial charge in [-0.2, -0.15) is 0 Å². The van der Waals surface area contributed by atoms with Gasteiger partial charge in [-0.3, -0.25) is 4.90 Å². The fourth-order valence-corrected chi connectivity index (χ4v) is 0.760. The van der Waals surface area contributed by atoms with Crippen molar-refractivity contribution in [2.45, 2.75) is 13.8 Å². The SMILES string of the molecule is CC(C)=O.OCCN(CCO)CCO. The van der Waals surface area contributed by atoms with Crippen LogP contribution in [0.25, 0.3) is 0 Å². The fraction of sp³-hybridized carbons (Fsp3) is 0.889. The van der Waals surface area contributed by atoms with Gasteiger partial charge in [-0.15, -0.1) is 0 Å². The molecule has 0 heterocycles. The summed E-state index contributed by atoms with van der Waals surface area (Å²) in [6, 6.07) is 0. The number of rotatable bonds is 6. The summed E-state index contributed by atoms with van der Waals surface area (Å²) in [6.07, 6.45) is 0. The van der Waals surface area contributed by atoms with E-state index in [0.29, 0.717) is 19.6 Å². The van der Waals surface area contributed by atoms with Crippen LogP contribution in [0.3, 0.4) is 0 Å². The van der Waals surface area contributed by atoms with Gasteiger partial charge in [0, 0.05) is 19.6 Å². The number of carbonyl (C=O) groups excluding carboxylic acids is 1. The van der Waals surface area contributed by atoms with Gasteiger partial charge in [-0.05, 0) is 13.8 Å². The van der Waals surface area contributed by atoms with Gasteiger partial charge < -0.3 is 20.1 Å². The van der Waals surface area contributed by atoms with Crippen LogP contribution >= 0.6 is 0 Å². The molecule has 5 heteroatoms. The van der Waals surface area contributed by atoms with Crippen LogP contribution in [0.15, 0.2) is 0 Å². The van der Waals surface area contributed by atoms with Crippen LogP contribution in [0.2, 0.25) is 0 Å². The van der Waals surface area contributed by atoms with Gasteiger partial charge in [0.1, 0.15) is 5.78 Å². The molecule has 3 N–H and O–H groups in total. The highest BCUT2D eigenvalue weighted by Crippen LogP contribution is 1.84. The van der Waals surface area contributed by atoms with Gasteiger partial charge in [0.2, 0.25) is 0 Å². The lowest BCUT2D eigenvalue weighted by molar-refractivity contribution is -0.114. The maximum Gasteiger partial charge on any atom is 0.126 e. The number of aliphatic hydroxyl groups is 3. The summed E-state index contributed by atoms with van der Waals surface area (Å²) in [4.78, 5) is 11.2. The van der Waals surface area contributed by atoms with E-state index in [1.165, 1.54) is 13.8 Å². The van der Waals surface area contributed by atoms with E-state index < -0.39 is 0 Å². The molecular weight excluding hydrogens is 186 g/mol. The average Bonchev–Trinajstić information content (AvgIpc) is 2.04. The molecule has 0 fully saturated rings. The van der Waals surface area contributed by atoms with Crippen LogP contribution in [0.5, 0.6) is 0 Å². The molecule has 0 aliphatic heterocycles. The van der Waals surface area contributed by atoms with Crippen LogP contribution in [0.4, 0.5) is 0 Å². The molecule has 0 bridgehead atoms.